The van der Waals surface area contributed by atoms with Crippen LogP contribution < -0.4 is 9.80 Å². The van der Waals surface area contributed by atoms with Gasteiger partial charge in [0.2, 0.25) is 10.8 Å². The maximum Gasteiger partial charge on any atom is 0.309 e. The third-order valence-corrected chi connectivity index (χ3v) is 9.27. The SMILES string of the molecule is CCOC(=O)C1CCN(CN2C(=O)C3(SCC(=O)N3c3ccc(C)c(Br)c3)c3ccccc32)CC1. The number of piperidine rings is 1. The van der Waals surface area contributed by atoms with Crippen LogP contribution >= 0.6 is 27.7 Å². The Hall–Kier alpha value is -2.36. The molecule has 184 valence electrons. The molecular weight excluding hydrogens is 530 g/mol. The summed E-state index contributed by atoms with van der Waals surface area (Å²) < 4.78 is 6.09. The Morgan fingerprint density at radius 3 is 2.63 bits per heavy atom. The number of nitrogens with zero attached hydrogens (tertiary/aromatic N) is 3. The van der Waals surface area contributed by atoms with Crippen LogP contribution in [0.15, 0.2) is 46.9 Å². The van der Waals surface area contributed by atoms with E-state index in [1.54, 1.807) is 4.90 Å². The molecule has 0 bridgehead atoms. The topological polar surface area (TPSA) is 70.2 Å². The minimum Gasteiger partial charge on any atom is -0.466 e. The molecule has 1 unspecified atom stereocenters. The Balaban J connectivity index is 1.44. The lowest BCUT2D eigenvalue weighted by Gasteiger charge is -2.36. The highest BCUT2D eigenvalue weighted by Crippen LogP contribution is 2.55. The fourth-order valence-corrected chi connectivity index (χ4v) is 6.91. The molecule has 2 aromatic rings. The van der Waals surface area contributed by atoms with E-state index in [9.17, 15) is 14.4 Å². The van der Waals surface area contributed by atoms with Crippen LogP contribution in [0, 0.1) is 12.8 Å². The zero-order valence-electron chi connectivity index (χ0n) is 19.8. The van der Waals surface area contributed by atoms with Gasteiger partial charge in [0, 0.05) is 28.8 Å². The van der Waals surface area contributed by atoms with Gasteiger partial charge < -0.3 is 4.74 Å². The van der Waals surface area contributed by atoms with E-state index in [0.717, 1.165) is 21.3 Å². The van der Waals surface area contributed by atoms with E-state index in [-0.39, 0.29) is 29.5 Å². The molecule has 3 aliphatic heterocycles. The summed E-state index contributed by atoms with van der Waals surface area (Å²) in [5.74, 6) is -0.151. The van der Waals surface area contributed by atoms with Crippen LogP contribution in [0.4, 0.5) is 11.4 Å². The molecule has 0 aliphatic carbocycles. The number of carbonyl (C=O) groups is 3. The van der Waals surface area contributed by atoms with E-state index in [4.69, 9.17) is 4.74 Å². The number of para-hydroxylation sites is 1. The number of carbonyl (C=O) groups excluding carboxylic acids is 3. The number of anilines is 2. The maximum atomic E-state index is 14.2. The van der Waals surface area contributed by atoms with Crippen molar-refractivity contribution in [1.29, 1.82) is 0 Å². The zero-order chi connectivity index (χ0) is 24.7. The lowest BCUT2D eigenvalue weighted by atomic mass is 9.97. The number of hydrogen-bond acceptors (Lipinski definition) is 6. The minimum absolute atomic E-state index is 0.0778. The molecule has 3 aliphatic rings. The quantitative estimate of drug-likeness (QED) is 0.511. The van der Waals surface area contributed by atoms with Gasteiger partial charge in [-0.3, -0.25) is 29.1 Å². The van der Waals surface area contributed by atoms with Crippen molar-refractivity contribution in [3.63, 3.8) is 0 Å². The Labute approximate surface area is 217 Å². The van der Waals surface area contributed by atoms with Crippen molar-refractivity contribution < 1.29 is 19.1 Å². The van der Waals surface area contributed by atoms with Crippen molar-refractivity contribution >= 4 is 56.9 Å². The van der Waals surface area contributed by atoms with Crippen LogP contribution in [0.25, 0.3) is 0 Å². The molecule has 2 amide bonds. The van der Waals surface area contributed by atoms with Gasteiger partial charge in [0.25, 0.3) is 5.91 Å². The molecule has 9 heteroatoms. The predicted octanol–water partition coefficient (Wildman–Crippen LogP) is 4.27. The molecule has 1 atom stereocenters. The molecule has 1 spiro atoms. The monoisotopic (exact) mass is 557 g/mol. The molecule has 2 fully saturated rings. The van der Waals surface area contributed by atoms with E-state index in [1.165, 1.54) is 11.8 Å². The smallest absolute Gasteiger partial charge is 0.309 e. The molecule has 5 rings (SSSR count). The van der Waals surface area contributed by atoms with Crippen LogP contribution in [0.3, 0.4) is 0 Å². The number of aryl methyl sites for hydroxylation is 1. The molecule has 35 heavy (non-hydrogen) atoms. The molecular formula is C26H28BrN3O4S. The molecule has 7 nitrogen and oxygen atoms in total. The van der Waals surface area contributed by atoms with Gasteiger partial charge in [-0.1, -0.05) is 40.2 Å². The van der Waals surface area contributed by atoms with Crippen LogP contribution in [0.5, 0.6) is 0 Å². The number of ether oxygens (including phenoxy) is 1. The third-order valence-electron chi connectivity index (χ3n) is 7.03. The normalized spacial score (nSPS) is 22.8. The van der Waals surface area contributed by atoms with E-state index in [1.807, 2.05) is 61.2 Å². The second-order valence-electron chi connectivity index (χ2n) is 9.13. The fraction of sp³-hybridized carbons (Fsp3) is 0.423. The van der Waals surface area contributed by atoms with Gasteiger partial charge in [-0.15, -0.1) is 11.8 Å². The molecule has 0 N–H and O–H groups in total. The summed E-state index contributed by atoms with van der Waals surface area (Å²) in [6.07, 6.45) is 1.43. The van der Waals surface area contributed by atoms with Gasteiger partial charge in [0.15, 0.2) is 0 Å². The van der Waals surface area contributed by atoms with Crippen molar-refractivity contribution in [2.75, 3.05) is 41.9 Å². The average Bonchev–Trinajstić information content (AvgIpc) is 3.32. The number of esters is 1. The number of likely N-dealkylation sites (tertiary alicyclic amines) is 1. The number of fused-ring (bicyclic) bond motifs is 2. The largest absolute Gasteiger partial charge is 0.466 e. The molecule has 3 heterocycles. The Bertz CT molecular complexity index is 1180. The third kappa shape index (κ3) is 4.07. The first-order chi connectivity index (χ1) is 16.9. The Morgan fingerprint density at radius 2 is 1.91 bits per heavy atom. The van der Waals surface area contributed by atoms with Crippen molar-refractivity contribution in [3.8, 4) is 0 Å². The molecule has 0 aromatic heterocycles. The highest BCUT2D eigenvalue weighted by Gasteiger charge is 2.61. The van der Waals surface area contributed by atoms with Gasteiger partial charge in [0.1, 0.15) is 0 Å². The molecule has 2 aromatic carbocycles. The summed E-state index contributed by atoms with van der Waals surface area (Å²) in [6, 6.07) is 13.6. The predicted molar refractivity (Wildman–Crippen MR) is 140 cm³/mol. The van der Waals surface area contributed by atoms with Crippen molar-refractivity contribution in [3.05, 3.63) is 58.1 Å². The highest BCUT2D eigenvalue weighted by molar-refractivity contribution is 9.10. The number of rotatable bonds is 5. The number of benzene rings is 2. The highest BCUT2D eigenvalue weighted by atomic mass is 79.9. The van der Waals surface area contributed by atoms with E-state index < -0.39 is 4.87 Å². The number of halogens is 1. The van der Waals surface area contributed by atoms with Gasteiger partial charge in [0.05, 0.1) is 30.6 Å². The second kappa shape index (κ2) is 9.59. The molecule has 2 saturated heterocycles. The lowest BCUT2D eigenvalue weighted by Crippen LogP contribution is -2.52. The fourth-order valence-electron chi connectivity index (χ4n) is 5.19. The number of hydrogen-bond donors (Lipinski definition) is 0. The average molecular weight is 558 g/mol. The summed E-state index contributed by atoms with van der Waals surface area (Å²) >= 11 is 4.97. The summed E-state index contributed by atoms with van der Waals surface area (Å²) in [5, 5.41) is 0. The number of amides is 2. The molecule has 0 saturated carbocycles. The van der Waals surface area contributed by atoms with E-state index in [0.29, 0.717) is 44.9 Å². The summed E-state index contributed by atoms with van der Waals surface area (Å²) in [5.41, 5.74) is 3.45. The first-order valence-electron chi connectivity index (χ1n) is 11.9. The van der Waals surface area contributed by atoms with Gasteiger partial charge in [-0.25, -0.2) is 0 Å². The molecule has 0 radical (unpaired) electrons. The van der Waals surface area contributed by atoms with Crippen molar-refractivity contribution in [1.82, 2.24) is 4.90 Å². The van der Waals surface area contributed by atoms with Crippen molar-refractivity contribution in [2.24, 2.45) is 5.92 Å². The van der Waals surface area contributed by atoms with Crippen LogP contribution in [0.2, 0.25) is 0 Å². The summed E-state index contributed by atoms with van der Waals surface area (Å²) in [6.45, 7) is 6.06. The van der Waals surface area contributed by atoms with Gasteiger partial charge >= 0.3 is 5.97 Å². The first-order valence-corrected chi connectivity index (χ1v) is 13.7. The number of thioether (sulfide) groups is 1. The standard InChI is InChI=1S/C26H28BrN3O4S/c1-3-34-24(32)18-10-12-28(13-11-18)16-29-22-7-5-4-6-20(22)26(25(29)33)30(23(31)15-35-26)19-9-8-17(2)21(27)14-19/h4-9,14,18H,3,10-13,15-16H2,1-2H3. The zero-order valence-corrected chi connectivity index (χ0v) is 22.2. The Morgan fingerprint density at radius 1 is 1.17 bits per heavy atom. The first kappa shape index (κ1) is 24.3. The summed E-state index contributed by atoms with van der Waals surface area (Å²) in [7, 11) is 0. The second-order valence-corrected chi connectivity index (χ2v) is 11.2. The maximum absolute atomic E-state index is 14.2. The van der Waals surface area contributed by atoms with Crippen molar-refractivity contribution in [2.45, 2.75) is 31.6 Å². The Kier molecular flexibility index (Phi) is 6.67. The van der Waals surface area contributed by atoms with Gasteiger partial charge in [-0.2, -0.15) is 0 Å². The van der Waals surface area contributed by atoms with Crippen LogP contribution in [0.1, 0.15) is 30.9 Å². The summed E-state index contributed by atoms with van der Waals surface area (Å²) in [4.78, 5) is 44.1. The van der Waals surface area contributed by atoms with Crippen LogP contribution in [-0.2, 0) is 24.0 Å². The lowest BCUT2D eigenvalue weighted by molar-refractivity contribution is -0.149. The van der Waals surface area contributed by atoms with E-state index in [2.05, 4.69) is 20.8 Å². The minimum atomic E-state index is -1.12. The van der Waals surface area contributed by atoms with Crippen LogP contribution in [-0.4, -0.2) is 54.8 Å². The van der Waals surface area contributed by atoms with Gasteiger partial charge in [-0.05, 0) is 50.5 Å². The van der Waals surface area contributed by atoms with E-state index >= 15 is 0 Å².